The number of hydrogen-bond acceptors (Lipinski definition) is 7. The van der Waals surface area contributed by atoms with Crippen molar-refractivity contribution >= 4 is 23.2 Å². The molecule has 0 aliphatic carbocycles. The van der Waals surface area contributed by atoms with Gasteiger partial charge in [0.25, 0.3) is 5.91 Å². The number of halogens is 1. The van der Waals surface area contributed by atoms with Gasteiger partial charge in [-0.1, -0.05) is 23.5 Å². The van der Waals surface area contributed by atoms with Gasteiger partial charge in [0.2, 0.25) is 5.43 Å². The number of nitrogens with zero attached hydrogens (tertiary/aromatic N) is 4. The Morgan fingerprint density at radius 1 is 1.24 bits per heavy atom. The topological polar surface area (TPSA) is 126 Å². The highest BCUT2D eigenvalue weighted by Gasteiger charge is 2.49. The Hall–Kier alpha value is -3.60. The number of rotatable bonds is 5. The molecule has 0 unspecified atom stereocenters. The number of aromatic nitrogens is 3. The Morgan fingerprint density at radius 3 is 2.52 bits per heavy atom. The summed E-state index contributed by atoms with van der Waals surface area (Å²) in [5.74, 6) is -3.05. The first-order valence-corrected chi connectivity index (χ1v) is 10.9. The molecule has 172 valence electrons. The van der Waals surface area contributed by atoms with Crippen LogP contribution in [0.25, 0.3) is 10.6 Å². The monoisotopic (exact) mass is 472 g/mol. The van der Waals surface area contributed by atoms with Crippen LogP contribution < -0.4 is 5.43 Å². The molecule has 0 spiro atoms. The second kappa shape index (κ2) is 8.07. The van der Waals surface area contributed by atoms with Crippen molar-refractivity contribution in [2.24, 2.45) is 0 Å². The molecule has 0 saturated heterocycles. The van der Waals surface area contributed by atoms with E-state index in [4.69, 9.17) is 0 Å². The van der Waals surface area contributed by atoms with Gasteiger partial charge in [-0.25, -0.2) is 9.18 Å². The molecule has 4 rings (SSSR count). The van der Waals surface area contributed by atoms with Gasteiger partial charge in [-0.3, -0.25) is 9.59 Å². The Bertz CT molecular complexity index is 1320. The predicted molar refractivity (Wildman–Crippen MR) is 118 cm³/mol. The first-order valence-electron chi connectivity index (χ1n) is 10.1. The molecular formula is C22H21FN4O5S. The van der Waals surface area contributed by atoms with Crippen LogP contribution in [0.5, 0.6) is 5.75 Å². The van der Waals surface area contributed by atoms with Crippen LogP contribution >= 0.6 is 11.3 Å². The standard InChI is InChI=1S/C22H21FN4O5S/c1-11(2)27-20(30)16-18(29)17(28)14(9-26(16)10-22(27,3)21(31)32)19-25-24-15(33-19)8-12-4-6-13(23)7-5-12/h4-7,9,11,29H,8,10H2,1-3H3,(H,31,32)/t22-/m0/s1. The minimum Gasteiger partial charge on any atom is -0.503 e. The van der Waals surface area contributed by atoms with E-state index in [2.05, 4.69) is 10.2 Å². The number of carboxylic acids is 1. The lowest BCUT2D eigenvalue weighted by Gasteiger charge is -2.45. The molecule has 0 radical (unpaired) electrons. The van der Waals surface area contributed by atoms with Gasteiger partial charge in [0, 0.05) is 18.7 Å². The number of carboxylic acid groups (broad SMARTS) is 1. The Morgan fingerprint density at radius 2 is 1.91 bits per heavy atom. The van der Waals surface area contributed by atoms with Crippen molar-refractivity contribution in [1.29, 1.82) is 0 Å². The van der Waals surface area contributed by atoms with E-state index >= 15 is 0 Å². The highest BCUT2D eigenvalue weighted by Crippen LogP contribution is 2.34. The van der Waals surface area contributed by atoms with Gasteiger partial charge in [-0.05, 0) is 38.5 Å². The van der Waals surface area contributed by atoms with E-state index in [1.54, 1.807) is 26.0 Å². The van der Waals surface area contributed by atoms with E-state index < -0.39 is 34.6 Å². The lowest BCUT2D eigenvalue weighted by molar-refractivity contribution is -0.151. The molecule has 3 heterocycles. The highest BCUT2D eigenvalue weighted by atomic mass is 32.1. The molecule has 1 atom stereocenters. The zero-order valence-corrected chi connectivity index (χ0v) is 18.9. The van der Waals surface area contributed by atoms with Gasteiger partial charge < -0.3 is 19.7 Å². The molecule has 2 aromatic heterocycles. The second-order valence-electron chi connectivity index (χ2n) is 8.35. The number of aliphatic carboxylic acids is 1. The van der Waals surface area contributed by atoms with Gasteiger partial charge in [-0.2, -0.15) is 0 Å². The molecule has 11 heteroatoms. The Kier molecular flexibility index (Phi) is 5.52. The molecule has 1 aliphatic heterocycles. The smallest absolute Gasteiger partial charge is 0.331 e. The zero-order valence-electron chi connectivity index (χ0n) is 18.1. The van der Waals surface area contributed by atoms with Crippen molar-refractivity contribution in [3.8, 4) is 16.3 Å². The molecule has 3 aromatic rings. The van der Waals surface area contributed by atoms with E-state index in [9.17, 15) is 29.0 Å². The fourth-order valence-corrected chi connectivity index (χ4v) is 4.96. The summed E-state index contributed by atoms with van der Waals surface area (Å²) in [7, 11) is 0. The van der Waals surface area contributed by atoms with E-state index in [1.165, 1.54) is 29.8 Å². The van der Waals surface area contributed by atoms with Crippen molar-refractivity contribution in [2.45, 2.75) is 45.3 Å². The fraction of sp³-hybridized carbons (Fsp3) is 0.318. The molecule has 0 saturated carbocycles. The number of fused-ring (bicyclic) bond motifs is 1. The average molecular weight is 472 g/mol. The minimum atomic E-state index is -1.58. The lowest BCUT2D eigenvalue weighted by atomic mass is 9.93. The van der Waals surface area contributed by atoms with Gasteiger partial charge in [-0.15, -0.1) is 10.2 Å². The third-order valence-electron chi connectivity index (χ3n) is 5.63. The van der Waals surface area contributed by atoms with Crippen LogP contribution in [0.1, 0.15) is 41.8 Å². The van der Waals surface area contributed by atoms with E-state index in [0.29, 0.717) is 11.4 Å². The summed E-state index contributed by atoms with van der Waals surface area (Å²) in [4.78, 5) is 39.3. The Labute approximate surface area is 191 Å². The summed E-state index contributed by atoms with van der Waals surface area (Å²) < 4.78 is 14.4. The average Bonchev–Trinajstić information content (AvgIpc) is 3.19. The molecule has 9 nitrogen and oxygen atoms in total. The minimum absolute atomic E-state index is 0.0117. The van der Waals surface area contributed by atoms with Crippen molar-refractivity contribution in [1.82, 2.24) is 19.7 Å². The maximum Gasteiger partial charge on any atom is 0.331 e. The summed E-state index contributed by atoms with van der Waals surface area (Å²) in [6.45, 7) is 4.60. The molecule has 1 aliphatic rings. The first-order chi connectivity index (χ1) is 15.5. The van der Waals surface area contributed by atoms with Crippen LogP contribution in [0.15, 0.2) is 35.3 Å². The first kappa shape index (κ1) is 22.6. The molecule has 2 N–H and O–H groups in total. The molecule has 0 bridgehead atoms. The molecule has 0 fully saturated rings. The summed E-state index contributed by atoms with van der Waals surface area (Å²) in [6, 6.07) is 5.44. The van der Waals surface area contributed by atoms with Crippen LogP contribution in [0.4, 0.5) is 4.39 Å². The van der Waals surface area contributed by atoms with Crippen molar-refractivity contribution in [3.63, 3.8) is 0 Å². The van der Waals surface area contributed by atoms with Crippen LogP contribution in [-0.2, 0) is 17.8 Å². The summed E-state index contributed by atoms with van der Waals surface area (Å²) in [5, 5.41) is 29.4. The van der Waals surface area contributed by atoms with E-state index in [-0.39, 0.29) is 28.6 Å². The van der Waals surface area contributed by atoms with E-state index in [1.807, 2.05) is 0 Å². The maximum atomic E-state index is 13.1. The third-order valence-corrected chi connectivity index (χ3v) is 6.59. The lowest BCUT2D eigenvalue weighted by Crippen LogP contribution is -2.63. The number of carbonyl (C=O) groups is 2. The number of carbonyl (C=O) groups excluding carboxylic acids is 1. The molecule has 33 heavy (non-hydrogen) atoms. The van der Waals surface area contributed by atoms with Gasteiger partial charge >= 0.3 is 5.97 Å². The van der Waals surface area contributed by atoms with Gasteiger partial charge in [0.15, 0.2) is 22.0 Å². The van der Waals surface area contributed by atoms with Crippen molar-refractivity contribution < 1.29 is 24.2 Å². The molecule has 1 aromatic carbocycles. The zero-order chi connectivity index (χ0) is 24.1. The summed E-state index contributed by atoms with van der Waals surface area (Å²) in [6.07, 6.45) is 1.71. The Balaban J connectivity index is 1.77. The normalized spacial score (nSPS) is 18.0. The maximum absolute atomic E-state index is 13.1. The van der Waals surface area contributed by atoms with Crippen molar-refractivity contribution in [3.05, 3.63) is 62.8 Å². The SMILES string of the molecule is CC(C)N1C(=O)c2c(O)c(=O)c(-c3nnc(Cc4ccc(F)cc4)s3)cn2C[C@@]1(C)C(=O)O. The number of benzene rings is 1. The predicted octanol–water partition coefficient (Wildman–Crippen LogP) is 2.51. The van der Waals surface area contributed by atoms with Crippen LogP contribution in [0, 0.1) is 5.82 Å². The van der Waals surface area contributed by atoms with Gasteiger partial charge in [0.1, 0.15) is 10.8 Å². The molecule has 1 amide bonds. The summed E-state index contributed by atoms with van der Waals surface area (Å²) >= 11 is 1.12. The quantitative estimate of drug-likeness (QED) is 0.584. The van der Waals surface area contributed by atoms with Gasteiger partial charge in [0.05, 0.1) is 12.1 Å². The fourth-order valence-electron chi connectivity index (χ4n) is 4.08. The van der Waals surface area contributed by atoms with E-state index in [0.717, 1.165) is 21.8 Å². The number of pyridine rings is 1. The number of hydrogen-bond donors (Lipinski definition) is 2. The summed E-state index contributed by atoms with van der Waals surface area (Å²) in [5.41, 5.74) is -1.81. The number of aromatic hydroxyl groups is 1. The second-order valence-corrected chi connectivity index (χ2v) is 9.41. The number of amides is 1. The van der Waals surface area contributed by atoms with Crippen molar-refractivity contribution in [2.75, 3.05) is 0 Å². The third kappa shape index (κ3) is 3.78. The highest BCUT2D eigenvalue weighted by molar-refractivity contribution is 7.14. The van der Waals surface area contributed by atoms with Crippen LogP contribution in [0.3, 0.4) is 0 Å². The largest absolute Gasteiger partial charge is 0.503 e. The van der Waals surface area contributed by atoms with Crippen LogP contribution in [0.2, 0.25) is 0 Å². The molecular weight excluding hydrogens is 451 g/mol. The van der Waals surface area contributed by atoms with Crippen LogP contribution in [-0.4, -0.2) is 53.3 Å².